The van der Waals surface area contributed by atoms with E-state index in [2.05, 4.69) is 22.9 Å². The molecule has 2 aromatic rings. The Balaban J connectivity index is 1.68. The highest BCUT2D eigenvalue weighted by molar-refractivity contribution is 5.86. The van der Waals surface area contributed by atoms with Crippen LogP contribution in [0, 0.1) is 11.8 Å². The zero-order chi connectivity index (χ0) is 15.7. The minimum atomic E-state index is 0.263. The van der Waals surface area contributed by atoms with Gasteiger partial charge in [0.1, 0.15) is 5.75 Å². The Kier molecular flexibility index (Phi) is 2.74. The van der Waals surface area contributed by atoms with Gasteiger partial charge in [0.05, 0.1) is 6.04 Å². The number of aliphatic hydroxyl groups excluding tert-OH is 1. The van der Waals surface area contributed by atoms with E-state index in [4.69, 9.17) is 0 Å². The molecule has 0 spiro atoms. The monoisotopic (exact) mass is 310 g/mol. The molecule has 4 heteroatoms. The predicted octanol–water partition coefficient (Wildman–Crippen LogP) is 2.73. The third-order valence-electron chi connectivity index (χ3n) is 6.41. The fourth-order valence-electron chi connectivity index (χ4n) is 5.35. The van der Waals surface area contributed by atoms with Crippen LogP contribution < -0.4 is 0 Å². The third-order valence-corrected chi connectivity index (χ3v) is 6.41. The predicted molar refractivity (Wildman–Crippen MR) is 89.3 cm³/mol. The molecule has 120 valence electrons. The van der Waals surface area contributed by atoms with Crippen LogP contribution in [-0.2, 0) is 6.42 Å². The number of nitrogens with zero attached hydrogens (tertiary/aromatic N) is 1. The number of allylic oxidation sites excluding steroid dienone is 1. The zero-order valence-electron chi connectivity index (χ0n) is 13.3. The second-order valence-corrected chi connectivity index (χ2v) is 7.26. The Morgan fingerprint density at radius 2 is 2.26 bits per heavy atom. The van der Waals surface area contributed by atoms with Gasteiger partial charge in [-0.25, -0.2) is 0 Å². The van der Waals surface area contributed by atoms with Crippen molar-refractivity contribution in [1.82, 2.24) is 9.88 Å². The van der Waals surface area contributed by atoms with Gasteiger partial charge < -0.3 is 15.2 Å². The molecule has 3 saturated heterocycles. The standard InChI is InChI=1S/C19H22N2O2/c1-2-10-8-21-17-7-14-13-5-11(23)3-4-16(13)20-19(14)18(21)6-12(10)15(17)9-22/h2-5,12,15,17-18,20,22-23H,6-9H2,1H3/b10-2+/t12-,15-,17-,18-/m0/s1. The first-order chi connectivity index (χ1) is 11.2. The lowest BCUT2D eigenvalue weighted by Crippen LogP contribution is -2.60. The Bertz CT molecular complexity index is 822. The van der Waals surface area contributed by atoms with Crippen molar-refractivity contribution in [2.45, 2.75) is 31.8 Å². The summed E-state index contributed by atoms with van der Waals surface area (Å²) in [4.78, 5) is 6.21. The number of nitrogens with one attached hydrogen (secondary N) is 1. The summed E-state index contributed by atoms with van der Waals surface area (Å²) in [6.07, 6.45) is 4.31. The van der Waals surface area contributed by atoms with Gasteiger partial charge in [0.15, 0.2) is 0 Å². The maximum Gasteiger partial charge on any atom is 0.116 e. The Morgan fingerprint density at radius 3 is 3.04 bits per heavy atom. The molecule has 0 amide bonds. The number of rotatable bonds is 1. The quantitative estimate of drug-likeness (QED) is 0.710. The second kappa shape index (κ2) is 4.62. The lowest BCUT2D eigenvalue weighted by molar-refractivity contribution is -0.0503. The van der Waals surface area contributed by atoms with Crippen LogP contribution >= 0.6 is 0 Å². The minimum absolute atomic E-state index is 0.263. The highest BCUT2D eigenvalue weighted by Crippen LogP contribution is 2.54. The number of aromatic nitrogens is 1. The third kappa shape index (κ3) is 1.68. The zero-order valence-corrected chi connectivity index (χ0v) is 13.3. The largest absolute Gasteiger partial charge is 0.508 e. The molecule has 0 radical (unpaired) electrons. The number of aromatic amines is 1. The smallest absolute Gasteiger partial charge is 0.116 e. The van der Waals surface area contributed by atoms with E-state index >= 15 is 0 Å². The highest BCUT2D eigenvalue weighted by Gasteiger charge is 2.52. The summed E-state index contributed by atoms with van der Waals surface area (Å²) in [6, 6.07) is 6.44. The van der Waals surface area contributed by atoms with Gasteiger partial charge in [-0.15, -0.1) is 0 Å². The van der Waals surface area contributed by atoms with Crippen molar-refractivity contribution in [3.63, 3.8) is 0 Å². The first-order valence-corrected chi connectivity index (χ1v) is 8.56. The van der Waals surface area contributed by atoms with Gasteiger partial charge in [-0.05, 0) is 49.4 Å². The molecule has 0 aliphatic carbocycles. The summed E-state index contributed by atoms with van der Waals surface area (Å²) in [5.74, 6) is 1.17. The maximum absolute atomic E-state index is 9.99. The van der Waals surface area contributed by atoms with E-state index < -0.39 is 0 Å². The molecule has 4 aliphatic heterocycles. The number of hydrogen-bond donors (Lipinski definition) is 3. The molecule has 3 fully saturated rings. The van der Waals surface area contributed by atoms with Crippen molar-refractivity contribution in [1.29, 1.82) is 0 Å². The average Bonchev–Trinajstić information content (AvgIpc) is 2.92. The first-order valence-electron chi connectivity index (χ1n) is 8.56. The summed E-state index contributed by atoms with van der Waals surface area (Å²) >= 11 is 0. The van der Waals surface area contributed by atoms with Crippen LogP contribution in [-0.4, -0.2) is 39.3 Å². The van der Waals surface area contributed by atoms with Crippen LogP contribution in [0.1, 0.15) is 30.6 Å². The topological polar surface area (TPSA) is 59.5 Å². The van der Waals surface area contributed by atoms with E-state index in [1.54, 1.807) is 6.07 Å². The van der Waals surface area contributed by atoms with Crippen LogP contribution in [0.3, 0.4) is 0 Å². The van der Waals surface area contributed by atoms with Gasteiger partial charge in [-0.3, -0.25) is 4.90 Å². The summed E-state index contributed by atoms with van der Waals surface area (Å²) in [5.41, 5.74) is 5.29. The number of aliphatic hydroxyl groups is 1. The molecule has 4 aliphatic rings. The second-order valence-electron chi connectivity index (χ2n) is 7.26. The van der Waals surface area contributed by atoms with E-state index in [0.717, 1.165) is 30.3 Å². The number of phenols is 1. The van der Waals surface area contributed by atoms with Gasteiger partial charge in [0, 0.05) is 41.7 Å². The fraction of sp³-hybridized carbons (Fsp3) is 0.474. The SMILES string of the molecule is C/C=C1\CN2[C@H]3C[C@@H]1[C@H](CO)[C@@H]2Cc1c3[nH]c2ccc(O)cc12. The molecule has 6 rings (SSSR count). The Morgan fingerprint density at radius 1 is 1.39 bits per heavy atom. The van der Waals surface area contributed by atoms with E-state index in [1.165, 1.54) is 16.8 Å². The molecule has 0 saturated carbocycles. The summed E-state index contributed by atoms with van der Waals surface area (Å²) in [6.45, 7) is 3.42. The van der Waals surface area contributed by atoms with Crippen molar-refractivity contribution in [3.8, 4) is 5.75 Å². The van der Waals surface area contributed by atoms with Gasteiger partial charge in [0.25, 0.3) is 0 Å². The molecule has 4 bridgehead atoms. The van der Waals surface area contributed by atoms with Gasteiger partial charge in [-0.1, -0.05) is 11.6 Å². The molecule has 3 N–H and O–H groups in total. The van der Waals surface area contributed by atoms with Crippen molar-refractivity contribution in [2.75, 3.05) is 13.2 Å². The van der Waals surface area contributed by atoms with Crippen LogP contribution in [0.4, 0.5) is 0 Å². The molecule has 5 heterocycles. The summed E-state index contributed by atoms with van der Waals surface area (Å²) < 4.78 is 0. The Hall–Kier alpha value is -1.78. The number of aromatic hydroxyl groups is 1. The number of H-pyrrole nitrogens is 1. The molecular weight excluding hydrogens is 288 g/mol. The lowest BCUT2D eigenvalue weighted by atomic mass is 9.64. The number of hydrogen-bond acceptors (Lipinski definition) is 3. The average molecular weight is 310 g/mol. The van der Waals surface area contributed by atoms with Crippen LogP contribution in [0.25, 0.3) is 10.9 Å². The van der Waals surface area contributed by atoms with Crippen molar-refractivity contribution in [2.24, 2.45) is 11.8 Å². The van der Waals surface area contributed by atoms with E-state index in [1.807, 2.05) is 12.1 Å². The van der Waals surface area contributed by atoms with Gasteiger partial charge >= 0.3 is 0 Å². The molecule has 5 atom stereocenters. The number of fused-ring (bicyclic) bond motifs is 4. The first kappa shape index (κ1) is 13.6. The number of piperidine rings is 3. The molecule has 1 unspecified atom stereocenters. The van der Waals surface area contributed by atoms with Crippen LogP contribution in [0.5, 0.6) is 5.75 Å². The Labute approximate surface area is 135 Å². The highest BCUT2D eigenvalue weighted by atomic mass is 16.3. The van der Waals surface area contributed by atoms with E-state index in [9.17, 15) is 10.2 Å². The minimum Gasteiger partial charge on any atom is -0.508 e. The molecule has 1 aromatic carbocycles. The van der Waals surface area contributed by atoms with E-state index in [0.29, 0.717) is 29.7 Å². The van der Waals surface area contributed by atoms with Crippen molar-refractivity contribution in [3.05, 3.63) is 41.1 Å². The molecule has 23 heavy (non-hydrogen) atoms. The fourth-order valence-corrected chi connectivity index (χ4v) is 5.35. The van der Waals surface area contributed by atoms with Crippen LogP contribution in [0.15, 0.2) is 29.8 Å². The molecule has 1 aromatic heterocycles. The lowest BCUT2D eigenvalue weighted by Gasteiger charge is -2.58. The maximum atomic E-state index is 9.99. The van der Waals surface area contributed by atoms with Crippen molar-refractivity contribution >= 4 is 10.9 Å². The molecular formula is C19H22N2O2. The van der Waals surface area contributed by atoms with Gasteiger partial charge in [0.2, 0.25) is 0 Å². The number of phenolic OH excluding ortho intramolecular Hbond substituents is 1. The molecule has 4 nitrogen and oxygen atoms in total. The number of benzene rings is 1. The summed E-state index contributed by atoms with van der Waals surface area (Å²) in [5, 5.41) is 21.0. The van der Waals surface area contributed by atoms with Gasteiger partial charge in [-0.2, -0.15) is 0 Å². The van der Waals surface area contributed by atoms with Crippen molar-refractivity contribution < 1.29 is 10.2 Å². The van der Waals surface area contributed by atoms with Crippen LogP contribution in [0.2, 0.25) is 0 Å². The summed E-state index contributed by atoms with van der Waals surface area (Å²) in [7, 11) is 0. The van der Waals surface area contributed by atoms with E-state index in [-0.39, 0.29) is 6.61 Å². The normalized spacial score (nSPS) is 36.6.